The summed E-state index contributed by atoms with van der Waals surface area (Å²) in [5.74, 6) is 0. The molecule has 0 heteroatoms. The van der Waals surface area contributed by atoms with Crippen LogP contribution in [0.1, 0.15) is 13.3 Å². The van der Waals surface area contributed by atoms with Crippen LogP contribution in [0.25, 0.3) is 0 Å². The maximum absolute atomic E-state index is 3.78. The van der Waals surface area contributed by atoms with Crippen LogP contribution >= 0.6 is 0 Å². The number of hydrogen-bond donors (Lipinski definition) is 0. The molecule has 0 aromatic rings. The molecule has 0 bridgehead atoms. The van der Waals surface area contributed by atoms with Gasteiger partial charge in [-0.15, -0.1) is 6.58 Å². The first-order valence-corrected chi connectivity index (χ1v) is 2.72. The lowest BCUT2D eigenvalue weighted by atomic mass is 10.2. The van der Waals surface area contributed by atoms with Crippen molar-refractivity contribution >= 4 is 0 Å². The average molecular weight is 108 g/mol. The van der Waals surface area contributed by atoms with Crippen LogP contribution in [0.3, 0.4) is 0 Å². The van der Waals surface area contributed by atoms with E-state index < -0.39 is 0 Å². The standard InChI is InChI=1S/C8H12/c1-4-6-8(3)7-5-2/h4-5,7H,1,3,6H2,2H3. The van der Waals surface area contributed by atoms with Crippen LogP contribution in [-0.2, 0) is 0 Å². The van der Waals surface area contributed by atoms with E-state index in [1.807, 2.05) is 25.2 Å². The van der Waals surface area contributed by atoms with E-state index in [1.165, 1.54) is 0 Å². The molecule has 0 radical (unpaired) electrons. The van der Waals surface area contributed by atoms with Gasteiger partial charge in [0.2, 0.25) is 0 Å². The lowest BCUT2D eigenvalue weighted by Gasteiger charge is -1.87. The lowest BCUT2D eigenvalue weighted by molar-refractivity contribution is 1.31. The van der Waals surface area contributed by atoms with Gasteiger partial charge >= 0.3 is 0 Å². The van der Waals surface area contributed by atoms with Crippen LogP contribution in [0.15, 0.2) is 37.0 Å². The molecule has 0 unspecified atom stereocenters. The summed E-state index contributed by atoms with van der Waals surface area (Å²) in [6.07, 6.45) is 6.71. The van der Waals surface area contributed by atoms with Gasteiger partial charge in [0.05, 0.1) is 0 Å². The molecule has 8 heavy (non-hydrogen) atoms. The fourth-order valence-electron chi connectivity index (χ4n) is 0.489. The van der Waals surface area contributed by atoms with Gasteiger partial charge < -0.3 is 0 Å². The quantitative estimate of drug-likeness (QED) is 0.385. The highest BCUT2D eigenvalue weighted by Crippen LogP contribution is 1.98. The maximum atomic E-state index is 3.78. The zero-order chi connectivity index (χ0) is 6.41. The Bertz CT molecular complexity index is 107. The first kappa shape index (κ1) is 7.22. The van der Waals surface area contributed by atoms with E-state index >= 15 is 0 Å². The molecule has 0 saturated heterocycles. The van der Waals surface area contributed by atoms with Crippen molar-refractivity contribution in [3.8, 4) is 0 Å². The molecule has 0 N–H and O–H groups in total. The van der Waals surface area contributed by atoms with Crippen LogP contribution in [0.4, 0.5) is 0 Å². The van der Waals surface area contributed by atoms with Gasteiger partial charge in [-0.25, -0.2) is 0 Å². The monoisotopic (exact) mass is 108 g/mol. The molecular weight excluding hydrogens is 96.1 g/mol. The molecule has 0 spiro atoms. The summed E-state index contributed by atoms with van der Waals surface area (Å²) in [6, 6.07) is 0. The molecule has 0 aliphatic carbocycles. The second-order valence-corrected chi connectivity index (χ2v) is 1.65. The first-order chi connectivity index (χ1) is 3.81. The van der Waals surface area contributed by atoms with E-state index in [-0.39, 0.29) is 0 Å². The van der Waals surface area contributed by atoms with Crippen molar-refractivity contribution in [1.29, 1.82) is 0 Å². The lowest BCUT2D eigenvalue weighted by Crippen LogP contribution is -1.67. The van der Waals surface area contributed by atoms with Gasteiger partial charge in [0.15, 0.2) is 0 Å². The molecule has 0 nitrogen and oxygen atoms in total. The van der Waals surface area contributed by atoms with Gasteiger partial charge in [-0.1, -0.05) is 30.4 Å². The normalized spacial score (nSPS) is 9.62. The summed E-state index contributed by atoms with van der Waals surface area (Å²) >= 11 is 0. The van der Waals surface area contributed by atoms with Gasteiger partial charge in [-0.05, 0) is 13.3 Å². The first-order valence-electron chi connectivity index (χ1n) is 2.72. The Morgan fingerprint density at radius 3 is 2.62 bits per heavy atom. The molecule has 0 rings (SSSR count). The van der Waals surface area contributed by atoms with Crippen LogP contribution in [0, 0.1) is 0 Å². The molecule has 0 heterocycles. The summed E-state index contributed by atoms with van der Waals surface area (Å²) in [7, 11) is 0. The predicted octanol–water partition coefficient (Wildman–Crippen LogP) is 2.69. The van der Waals surface area contributed by atoms with E-state index in [0.717, 1.165) is 12.0 Å². The Balaban J connectivity index is 3.48. The van der Waals surface area contributed by atoms with E-state index in [0.29, 0.717) is 0 Å². The highest BCUT2D eigenvalue weighted by atomic mass is 13.8. The average Bonchev–Trinajstić information content (AvgIpc) is 1.68. The topological polar surface area (TPSA) is 0 Å². The summed E-state index contributed by atoms with van der Waals surface area (Å²) < 4.78 is 0. The summed E-state index contributed by atoms with van der Waals surface area (Å²) in [5, 5.41) is 0. The van der Waals surface area contributed by atoms with Crippen molar-refractivity contribution in [3.63, 3.8) is 0 Å². The molecule has 0 aromatic heterocycles. The minimum atomic E-state index is 0.893. The fraction of sp³-hybridized carbons (Fsp3) is 0.250. The number of rotatable bonds is 3. The summed E-state index contributed by atoms with van der Waals surface area (Å²) in [5.41, 5.74) is 1.11. The van der Waals surface area contributed by atoms with Crippen LogP contribution in [-0.4, -0.2) is 0 Å². The molecule has 0 saturated carbocycles. The Kier molecular flexibility index (Phi) is 3.95. The Labute approximate surface area is 51.2 Å². The summed E-state index contributed by atoms with van der Waals surface area (Å²) in [4.78, 5) is 0. The van der Waals surface area contributed by atoms with Gasteiger partial charge in [0.1, 0.15) is 0 Å². The second kappa shape index (κ2) is 4.38. The van der Waals surface area contributed by atoms with Crippen molar-refractivity contribution in [2.75, 3.05) is 0 Å². The molecule has 0 aliphatic heterocycles. The third kappa shape index (κ3) is 3.41. The highest BCUT2D eigenvalue weighted by Gasteiger charge is 1.77. The number of allylic oxidation sites excluding steroid dienone is 4. The van der Waals surface area contributed by atoms with E-state index in [4.69, 9.17) is 0 Å². The molecule has 0 aliphatic rings. The Morgan fingerprint density at radius 1 is 1.62 bits per heavy atom. The van der Waals surface area contributed by atoms with Crippen LogP contribution < -0.4 is 0 Å². The largest absolute Gasteiger partial charge is 0.103 e. The smallest absolute Gasteiger partial charge is 0.0106 e. The zero-order valence-electron chi connectivity index (χ0n) is 5.35. The van der Waals surface area contributed by atoms with Crippen molar-refractivity contribution in [1.82, 2.24) is 0 Å². The minimum absolute atomic E-state index is 0.893. The Hall–Kier alpha value is -0.780. The molecule has 0 aromatic carbocycles. The molecule has 0 amide bonds. The molecular formula is C8H12. The van der Waals surface area contributed by atoms with Crippen molar-refractivity contribution in [2.45, 2.75) is 13.3 Å². The van der Waals surface area contributed by atoms with Gasteiger partial charge in [0.25, 0.3) is 0 Å². The Morgan fingerprint density at radius 2 is 2.25 bits per heavy atom. The van der Waals surface area contributed by atoms with Crippen molar-refractivity contribution < 1.29 is 0 Å². The summed E-state index contributed by atoms with van der Waals surface area (Å²) in [6.45, 7) is 9.34. The second-order valence-electron chi connectivity index (χ2n) is 1.65. The van der Waals surface area contributed by atoms with E-state index in [1.54, 1.807) is 0 Å². The van der Waals surface area contributed by atoms with Crippen LogP contribution in [0.2, 0.25) is 0 Å². The predicted molar refractivity (Wildman–Crippen MR) is 38.8 cm³/mol. The van der Waals surface area contributed by atoms with Crippen LogP contribution in [0.5, 0.6) is 0 Å². The highest BCUT2D eigenvalue weighted by molar-refractivity contribution is 5.15. The van der Waals surface area contributed by atoms with E-state index in [9.17, 15) is 0 Å². The minimum Gasteiger partial charge on any atom is -0.103 e. The van der Waals surface area contributed by atoms with Gasteiger partial charge in [0, 0.05) is 0 Å². The van der Waals surface area contributed by atoms with Crippen molar-refractivity contribution in [3.05, 3.63) is 37.0 Å². The van der Waals surface area contributed by atoms with Gasteiger partial charge in [-0.3, -0.25) is 0 Å². The number of hydrogen-bond acceptors (Lipinski definition) is 0. The third-order valence-corrected chi connectivity index (χ3v) is 0.809. The molecule has 44 valence electrons. The van der Waals surface area contributed by atoms with Crippen molar-refractivity contribution in [2.24, 2.45) is 0 Å². The molecule has 0 atom stereocenters. The van der Waals surface area contributed by atoms with Gasteiger partial charge in [-0.2, -0.15) is 0 Å². The fourth-order valence-corrected chi connectivity index (χ4v) is 0.489. The third-order valence-electron chi connectivity index (χ3n) is 0.809. The van der Waals surface area contributed by atoms with E-state index in [2.05, 4.69) is 13.2 Å². The SMILES string of the molecule is C=CCC(=C)C=CC. The zero-order valence-corrected chi connectivity index (χ0v) is 5.35. The maximum Gasteiger partial charge on any atom is -0.0106 e. The molecule has 0 fully saturated rings.